The van der Waals surface area contributed by atoms with Crippen LogP contribution in [0, 0.1) is 5.82 Å². The number of sulfonamides is 1. The van der Waals surface area contributed by atoms with Crippen LogP contribution in [0.3, 0.4) is 0 Å². The lowest BCUT2D eigenvalue weighted by atomic mass is 10.1. The van der Waals surface area contributed by atoms with Gasteiger partial charge in [-0.2, -0.15) is 0 Å². The maximum Gasteiger partial charge on any atom is 0.299 e. The van der Waals surface area contributed by atoms with Gasteiger partial charge in [0.2, 0.25) is 10.0 Å². The fraction of sp³-hybridized carbons (Fsp3) is 0.0667. The van der Waals surface area contributed by atoms with Crippen LogP contribution in [0.4, 0.5) is 10.1 Å². The van der Waals surface area contributed by atoms with Gasteiger partial charge in [0.05, 0.1) is 22.7 Å². The molecule has 1 heterocycles. The molecule has 0 radical (unpaired) electrons. The van der Waals surface area contributed by atoms with Gasteiger partial charge in [0, 0.05) is 0 Å². The highest BCUT2D eigenvalue weighted by molar-refractivity contribution is 7.89. The van der Waals surface area contributed by atoms with Crippen molar-refractivity contribution in [1.29, 1.82) is 0 Å². The van der Waals surface area contributed by atoms with Gasteiger partial charge in [0.1, 0.15) is 5.82 Å². The SMILES string of the molecule is NS(=O)(=O)c1ccc2c(c1)C(=O)C(=O)N2Cc1cccc(F)c1. The van der Waals surface area contributed by atoms with Crippen molar-refractivity contribution in [3.63, 3.8) is 0 Å². The molecule has 2 N–H and O–H groups in total. The third-order valence-corrected chi connectivity index (χ3v) is 4.41. The van der Waals surface area contributed by atoms with E-state index in [2.05, 4.69) is 0 Å². The largest absolute Gasteiger partial charge is 0.300 e. The molecule has 1 amide bonds. The number of benzene rings is 2. The van der Waals surface area contributed by atoms with Crippen molar-refractivity contribution in [3.05, 3.63) is 59.4 Å². The molecular weight excluding hydrogens is 323 g/mol. The Hall–Kier alpha value is -2.58. The number of ketones is 1. The predicted molar refractivity (Wildman–Crippen MR) is 79.7 cm³/mol. The van der Waals surface area contributed by atoms with Crippen LogP contribution < -0.4 is 10.0 Å². The first kappa shape index (κ1) is 15.3. The Balaban J connectivity index is 2.03. The van der Waals surface area contributed by atoms with E-state index in [9.17, 15) is 22.4 Å². The second-order valence-electron chi connectivity index (χ2n) is 5.07. The number of carbonyl (C=O) groups is 2. The molecule has 2 aromatic carbocycles. The van der Waals surface area contributed by atoms with E-state index in [0.717, 1.165) is 6.07 Å². The van der Waals surface area contributed by atoms with Gasteiger partial charge >= 0.3 is 0 Å². The molecule has 1 aliphatic heterocycles. The summed E-state index contributed by atoms with van der Waals surface area (Å²) < 4.78 is 36.0. The summed E-state index contributed by atoms with van der Waals surface area (Å²) in [6.07, 6.45) is 0. The summed E-state index contributed by atoms with van der Waals surface area (Å²) in [6.45, 7) is 0.00402. The third-order valence-electron chi connectivity index (χ3n) is 3.50. The van der Waals surface area contributed by atoms with Crippen LogP contribution in [-0.4, -0.2) is 20.1 Å². The number of amides is 1. The summed E-state index contributed by atoms with van der Waals surface area (Å²) in [6, 6.07) is 9.29. The average molecular weight is 334 g/mol. The topological polar surface area (TPSA) is 97.5 Å². The zero-order valence-electron chi connectivity index (χ0n) is 11.7. The molecule has 8 heteroatoms. The molecule has 0 fully saturated rings. The first-order valence-electron chi connectivity index (χ1n) is 6.55. The first-order valence-corrected chi connectivity index (χ1v) is 8.09. The van der Waals surface area contributed by atoms with E-state index in [-0.39, 0.29) is 22.7 Å². The van der Waals surface area contributed by atoms with Gasteiger partial charge in [0.15, 0.2) is 0 Å². The second-order valence-corrected chi connectivity index (χ2v) is 6.64. The van der Waals surface area contributed by atoms with E-state index in [1.165, 1.54) is 35.2 Å². The van der Waals surface area contributed by atoms with Crippen molar-refractivity contribution < 1.29 is 22.4 Å². The van der Waals surface area contributed by atoms with Gasteiger partial charge in [0.25, 0.3) is 11.7 Å². The predicted octanol–water partition coefficient (Wildman–Crippen LogP) is 1.20. The molecule has 23 heavy (non-hydrogen) atoms. The van der Waals surface area contributed by atoms with Gasteiger partial charge in [-0.05, 0) is 35.9 Å². The lowest BCUT2D eigenvalue weighted by molar-refractivity contribution is -0.114. The normalized spacial score (nSPS) is 14.3. The number of hydrogen-bond donors (Lipinski definition) is 1. The molecule has 0 bridgehead atoms. The fourth-order valence-electron chi connectivity index (χ4n) is 2.43. The Morgan fingerprint density at radius 3 is 2.48 bits per heavy atom. The fourth-order valence-corrected chi connectivity index (χ4v) is 2.97. The number of Topliss-reactive ketones (excluding diaryl/α,β-unsaturated/α-hetero) is 1. The number of hydrogen-bond acceptors (Lipinski definition) is 4. The van der Waals surface area contributed by atoms with E-state index >= 15 is 0 Å². The smallest absolute Gasteiger partial charge is 0.299 e. The Morgan fingerprint density at radius 1 is 1.09 bits per heavy atom. The van der Waals surface area contributed by atoms with Crippen molar-refractivity contribution in [1.82, 2.24) is 0 Å². The Labute approximate surface area is 131 Å². The Kier molecular flexibility index (Phi) is 3.50. The zero-order chi connectivity index (χ0) is 16.8. The molecule has 6 nitrogen and oxygen atoms in total. The minimum absolute atomic E-state index is 0.00402. The molecule has 0 saturated heterocycles. The van der Waals surface area contributed by atoms with E-state index in [4.69, 9.17) is 5.14 Å². The van der Waals surface area contributed by atoms with Crippen LogP contribution in [0.25, 0.3) is 0 Å². The summed E-state index contributed by atoms with van der Waals surface area (Å²) in [5.74, 6) is -2.07. The van der Waals surface area contributed by atoms with Crippen LogP contribution in [-0.2, 0) is 21.4 Å². The van der Waals surface area contributed by atoms with Crippen LogP contribution in [0.2, 0.25) is 0 Å². The monoisotopic (exact) mass is 334 g/mol. The molecule has 3 rings (SSSR count). The van der Waals surface area contributed by atoms with Crippen molar-refractivity contribution in [3.8, 4) is 0 Å². The Morgan fingerprint density at radius 2 is 1.83 bits per heavy atom. The number of rotatable bonds is 3. The highest BCUT2D eigenvalue weighted by Crippen LogP contribution is 2.32. The van der Waals surface area contributed by atoms with Crippen LogP contribution >= 0.6 is 0 Å². The van der Waals surface area contributed by atoms with E-state index in [1.54, 1.807) is 6.07 Å². The lowest BCUT2D eigenvalue weighted by Crippen LogP contribution is -2.29. The van der Waals surface area contributed by atoms with E-state index in [1.807, 2.05) is 0 Å². The summed E-state index contributed by atoms with van der Waals surface area (Å²) in [4.78, 5) is 25.1. The number of halogens is 1. The molecule has 0 aromatic heterocycles. The molecule has 0 aliphatic carbocycles. The minimum atomic E-state index is -3.98. The van der Waals surface area contributed by atoms with Crippen molar-refractivity contribution >= 4 is 27.4 Å². The maximum absolute atomic E-state index is 13.2. The minimum Gasteiger partial charge on any atom is -0.300 e. The number of fused-ring (bicyclic) bond motifs is 1. The highest BCUT2D eigenvalue weighted by Gasteiger charge is 2.36. The quantitative estimate of drug-likeness (QED) is 0.853. The molecule has 0 spiro atoms. The number of carbonyl (C=O) groups excluding carboxylic acids is 2. The lowest BCUT2D eigenvalue weighted by Gasteiger charge is -2.16. The maximum atomic E-state index is 13.2. The van der Waals surface area contributed by atoms with Crippen LogP contribution in [0.15, 0.2) is 47.4 Å². The molecule has 0 saturated carbocycles. The van der Waals surface area contributed by atoms with Gasteiger partial charge in [-0.15, -0.1) is 0 Å². The summed E-state index contributed by atoms with van der Waals surface area (Å²) >= 11 is 0. The van der Waals surface area contributed by atoms with Gasteiger partial charge in [-0.25, -0.2) is 17.9 Å². The first-order chi connectivity index (χ1) is 10.8. The van der Waals surface area contributed by atoms with E-state index in [0.29, 0.717) is 5.56 Å². The molecule has 0 atom stereocenters. The summed E-state index contributed by atoms with van der Waals surface area (Å²) in [5, 5.41) is 5.03. The molecule has 2 aromatic rings. The number of nitrogens with two attached hydrogens (primary N) is 1. The van der Waals surface area contributed by atoms with Gasteiger partial charge in [-0.1, -0.05) is 12.1 Å². The molecule has 118 valence electrons. The third kappa shape index (κ3) is 2.73. The Bertz CT molecular complexity index is 940. The number of anilines is 1. The summed E-state index contributed by atoms with van der Waals surface area (Å²) in [7, 11) is -3.98. The van der Waals surface area contributed by atoms with Gasteiger partial charge < -0.3 is 4.90 Å². The average Bonchev–Trinajstić information content (AvgIpc) is 2.71. The number of primary sulfonamides is 1. The number of nitrogens with zero attached hydrogens (tertiary/aromatic N) is 1. The van der Waals surface area contributed by atoms with Crippen LogP contribution in [0.1, 0.15) is 15.9 Å². The van der Waals surface area contributed by atoms with E-state index < -0.39 is 27.5 Å². The molecule has 1 aliphatic rings. The molecular formula is C15H11FN2O4S. The van der Waals surface area contributed by atoms with Gasteiger partial charge in [-0.3, -0.25) is 9.59 Å². The van der Waals surface area contributed by atoms with Crippen LogP contribution in [0.5, 0.6) is 0 Å². The van der Waals surface area contributed by atoms with Crippen molar-refractivity contribution in [2.45, 2.75) is 11.4 Å². The summed E-state index contributed by atoms with van der Waals surface area (Å²) in [5.41, 5.74) is 0.754. The second kappa shape index (κ2) is 5.25. The molecule has 0 unspecified atom stereocenters. The highest BCUT2D eigenvalue weighted by atomic mass is 32.2. The standard InChI is InChI=1S/C15H11FN2O4S/c16-10-3-1-2-9(6-10)8-18-13-5-4-11(23(17,21)22)7-12(13)14(19)15(18)20/h1-7H,8H2,(H2,17,21,22). The zero-order valence-corrected chi connectivity index (χ0v) is 12.5. The van der Waals surface area contributed by atoms with Crippen molar-refractivity contribution in [2.75, 3.05) is 4.90 Å². The van der Waals surface area contributed by atoms with Crippen molar-refractivity contribution in [2.24, 2.45) is 5.14 Å².